The van der Waals surface area contributed by atoms with E-state index in [0.717, 1.165) is 11.1 Å². The van der Waals surface area contributed by atoms with Crippen molar-refractivity contribution < 1.29 is 9.50 Å². The molecule has 0 aliphatic rings. The van der Waals surface area contributed by atoms with E-state index in [1.807, 2.05) is 31.2 Å². The molecule has 1 nitrogen and oxygen atoms in total. The molecule has 2 heteroatoms. The van der Waals surface area contributed by atoms with Crippen LogP contribution in [0.2, 0.25) is 0 Å². The largest absolute Gasteiger partial charge is 0.381 e. The lowest BCUT2D eigenvalue weighted by atomic mass is 9.85. The summed E-state index contributed by atoms with van der Waals surface area (Å²) in [5, 5.41) is 10.7. The van der Waals surface area contributed by atoms with E-state index in [4.69, 9.17) is 0 Å². The fourth-order valence-electron chi connectivity index (χ4n) is 2.17. The Balaban J connectivity index is 2.54. The number of aliphatic hydroxyl groups is 1. The highest BCUT2D eigenvalue weighted by Gasteiger charge is 2.27. The van der Waals surface area contributed by atoms with Crippen LogP contribution < -0.4 is 0 Å². The smallest absolute Gasteiger partial charge is 0.126 e. The Kier molecular flexibility index (Phi) is 3.22. The van der Waals surface area contributed by atoms with Crippen LogP contribution >= 0.6 is 0 Å². The molecule has 0 saturated carbocycles. The van der Waals surface area contributed by atoms with Crippen molar-refractivity contribution in [1.29, 1.82) is 0 Å². The monoisotopic (exact) mass is 244 g/mol. The fraction of sp³-hybridized carbons (Fsp3) is 0.250. The first-order valence-corrected chi connectivity index (χ1v) is 5.98. The molecule has 1 unspecified atom stereocenters. The minimum Gasteiger partial charge on any atom is -0.381 e. The standard InChI is InChI=1S/C16H17FO/c1-11-6-4-5-7-14(11)16(3,18)13-9-8-12(2)15(17)10-13/h4-10,18H,1-3H3. The van der Waals surface area contributed by atoms with Gasteiger partial charge >= 0.3 is 0 Å². The summed E-state index contributed by atoms with van der Waals surface area (Å²) in [4.78, 5) is 0. The fourth-order valence-corrected chi connectivity index (χ4v) is 2.17. The zero-order valence-corrected chi connectivity index (χ0v) is 10.9. The first-order valence-electron chi connectivity index (χ1n) is 5.98. The van der Waals surface area contributed by atoms with E-state index in [2.05, 4.69) is 0 Å². The van der Waals surface area contributed by atoms with E-state index in [9.17, 15) is 9.50 Å². The van der Waals surface area contributed by atoms with Gasteiger partial charge in [-0.1, -0.05) is 36.4 Å². The molecule has 1 N–H and O–H groups in total. The molecule has 0 bridgehead atoms. The molecule has 18 heavy (non-hydrogen) atoms. The van der Waals surface area contributed by atoms with Gasteiger partial charge in [0, 0.05) is 0 Å². The Morgan fingerprint density at radius 2 is 1.67 bits per heavy atom. The molecule has 1 atom stereocenters. The molecule has 0 saturated heterocycles. The van der Waals surface area contributed by atoms with Gasteiger partial charge in [-0.25, -0.2) is 4.39 Å². The Morgan fingerprint density at radius 3 is 2.28 bits per heavy atom. The third kappa shape index (κ3) is 2.16. The van der Waals surface area contributed by atoms with Gasteiger partial charge in [0.05, 0.1) is 0 Å². The van der Waals surface area contributed by atoms with Crippen molar-refractivity contribution in [2.45, 2.75) is 26.4 Å². The van der Waals surface area contributed by atoms with Gasteiger partial charge in [0.25, 0.3) is 0 Å². The Labute approximate surface area is 107 Å². The van der Waals surface area contributed by atoms with E-state index in [1.54, 1.807) is 26.0 Å². The molecule has 0 spiro atoms. The Hall–Kier alpha value is -1.67. The van der Waals surface area contributed by atoms with Gasteiger partial charge in [-0.2, -0.15) is 0 Å². The molecule has 94 valence electrons. The Bertz CT molecular complexity index is 573. The molecule has 2 rings (SSSR count). The van der Waals surface area contributed by atoms with Gasteiger partial charge < -0.3 is 5.11 Å². The molecule has 2 aromatic rings. The minimum absolute atomic E-state index is 0.290. The van der Waals surface area contributed by atoms with Crippen LogP contribution in [-0.4, -0.2) is 5.11 Å². The average Bonchev–Trinajstić information content (AvgIpc) is 2.33. The first-order chi connectivity index (χ1) is 8.43. The maximum Gasteiger partial charge on any atom is 0.126 e. The lowest BCUT2D eigenvalue weighted by Gasteiger charge is -2.26. The van der Waals surface area contributed by atoms with Crippen LogP contribution in [0.25, 0.3) is 0 Å². The summed E-state index contributed by atoms with van der Waals surface area (Å²) in [6, 6.07) is 12.5. The molecule has 0 heterocycles. The van der Waals surface area contributed by atoms with Crippen molar-refractivity contribution in [1.82, 2.24) is 0 Å². The van der Waals surface area contributed by atoms with Crippen LogP contribution in [0.15, 0.2) is 42.5 Å². The van der Waals surface area contributed by atoms with E-state index >= 15 is 0 Å². The van der Waals surface area contributed by atoms with E-state index in [1.165, 1.54) is 6.07 Å². The van der Waals surface area contributed by atoms with Crippen LogP contribution in [0.3, 0.4) is 0 Å². The highest BCUT2D eigenvalue weighted by molar-refractivity contribution is 5.40. The van der Waals surface area contributed by atoms with E-state index in [-0.39, 0.29) is 5.82 Å². The Morgan fingerprint density at radius 1 is 1.00 bits per heavy atom. The number of aryl methyl sites for hydroxylation is 2. The summed E-state index contributed by atoms with van der Waals surface area (Å²) in [5.74, 6) is -0.290. The molecular weight excluding hydrogens is 227 g/mol. The summed E-state index contributed by atoms with van der Waals surface area (Å²) >= 11 is 0. The first kappa shape index (κ1) is 12.8. The topological polar surface area (TPSA) is 20.2 Å². The number of rotatable bonds is 2. The SMILES string of the molecule is Cc1ccc(C(C)(O)c2ccccc2C)cc1F. The van der Waals surface area contributed by atoms with Gasteiger partial charge in [0.2, 0.25) is 0 Å². The summed E-state index contributed by atoms with van der Waals surface area (Å²) < 4.78 is 13.6. The predicted octanol–water partition coefficient (Wildman–Crippen LogP) is 3.70. The third-order valence-corrected chi connectivity index (χ3v) is 3.40. The van der Waals surface area contributed by atoms with E-state index in [0.29, 0.717) is 11.1 Å². The van der Waals surface area contributed by atoms with Crippen LogP contribution in [0.4, 0.5) is 4.39 Å². The molecule has 0 fully saturated rings. The highest BCUT2D eigenvalue weighted by Crippen LogP contribution is 2.31. The van der Waals surface area contributed by atoms with Crippen molar-refractivity contribution in [3.05, 3.63) is 70.5 Å². The zero-order chi connectivity index (χ0) is 13.3. The molecule has 2 aromatic carbocycles. The second-order valence-corrected chi connectivity index (χ2v) is 4.85. The number of hydrogen-bond donors (Lipinski definition) is 1. The van der Waals surface area contributed by atoms with Crippen molar-refractivity contribution in [2.75, 3.05) is 0 Å². The van der Waals surface area contributed by atoms with E-state index < -0.39 is 5.60 Å². The second kappa shape index (κ2) is 4.54. The number of hydrogen-bond acceptors (Lipinski definition) is 1. The van der Waals surface area contributed by atoms with Gasteiger partial charge in [-0.3, -0.25) is 0 Å². The maximum absolute atomic E-state index is 13.6. The van der Waals surface area contributed by atoms with Gasteiger partial charge in [-0.05, 0) is 49.1 Å². The summed E-state index contributed by atoms with van der Waals surface area (Å²) in [5.41, 5.74) is 1.76. The quantitative estimate of drug-likeness (QED) is 0.854. The maximum atomic E-state index is 13.6. The molecular formula is C16H17FO. The van der Waals surface area contributed by atoms with Gasteiger partial charge in [0.15, 0.2) is 0 Å². The summed E-state index contributed by atoms with van der Waals surface area (Å²) in [7, 11) is 0. The minimum atomic E-state index is -1.18. The third-order valence-electron chi connectivity index (χ3n) is 3.40. The molecule has 0 aliphatic carbocycles. The molecule has 0 aromatic heterocycles. The second-order valence-electron chi connectivity index (χ2n) is 4.85. The van der Waals surface area contributed by atoms with Crippen LogP contribution in [-0.2, 0) is 5.60 Å². The normalized spacial score (nSPS) is 14.3. The molecule has 0 aliphatic heterocycles. The van der Waals surface area contributed by atoms with Gasteiger partial charge in [-0.15, -0.1) is 0 Å². The summed E-state index contributed by atoms with van der Waals surface area (Å²) in [6.07, 6.45) is 0. The van der Waals surface area contributed by atoms with Crippen molar-refractivity contribution in [3.63, 3.8) is 0 Å². The predicted molar refractivity (Wildman–Crippen MR) is 71.0 cm³/mol. The zero-order valence-electron chi connectivity index (χ0n) is 10.9. The van der Waals surface area contributed by atoms with Crippen LogP contribution in [0.1, 0.15) is 29.2 Å². The number of halogens is 1. The van der Waals surface area contributed by atoms with Crippen LogP contribution in [0.5, 0.6) is 0 Å². The lowest BCUT2D eigenvalue weighted by molar-refractivity contribution is 0.101. The summed E-state index contributed by atoms with van der Waals surface area (Å²) in [6.45, 7) is 5.34. The van der Waals surface area contributed by atoms with Crippen molar-refractivity contribution >= 4 is 0 Å². The highest BCUT2D eigenvalue weighted by atomic mass is 19.1. The molecule has 0 radical (unpaired) electrons. The number of benzene rings is 2. The average molecular weight is 244 g/mol. The lowest BCUT2D eigenvalue weighted by Crippen LogP contribution is -2.24. The van der Waals surface area contributed by atoms with Crippen molar-refractivity contribution in [2.24, 2.45) is 0 Å². The van der Waals surface area contributed by atoms with Gasteiger partial charge in [0.1, 0.15) is 11.4 Å². The van der Waals surface area contributed by atoms with Crippen LogP contribution in [0, 0.1) is 19.7 Å². The van der Waals surface area contributed by atoms with Crippen molar-refractivity contribution in [3.8, 4) is 0 Å². The molecule has 0 amide bonds.